The molecule has 1 N–H and O–H groups in total. The number of halogens is 1. The molecule has 23 heavy (non-hydrogen) atoms. The van der Waals surface area contributed by atoms with Crippen LogP contribution < -0.4 is 5.32 Å². The Hall–Kier alpha value is -1.36. The van der Waals surface area contributed by atoms with Gasteiger partial charge in [-0.15, -0.1) is 0 Å². The quantitative estimate of drug-likeness (QED) is 0.637. The predicted molar refractivity (Wildman–Crippen MR) is 92.7 cm³/mol. The lowest BCUT2D eigenvalue weighted by Crippen LogP contribution is -2.68. The molecule has 2 bridgehead atoms. The van der Waals surface area contributed by atoms with Gasteiger partial charge >= 0.3 is 5.97 Å². The van der Waals surface area contributed by atoms with Crippen molar-refractivity contribution in [2.75, 3.05) is 12.4 Å². The van der Waals surface area contributed by atoms with E-state index < -0.39 is 0 Å². The second-order valence-electron chi connectivity index (χ2n) is 7.40. The van der Waals surface area contributed by atoms with E-state index in [2.05, 4.69) is 46.8 Å². The summed E-state index contributed by atoms with van der Waals surface area (Å²) < 4.78 is 4.68. The summed E-state index contributed by atoms with van der Waals surface area (Å²) in [4.78, 5) is 24.6. The third-order valence-corrected chi connectivity index (χ3v) is 8.33. The van der Waals surface area contributed by atoms with Crippen molar-refractivity contribution in [1.29, 1.82) is 0 Å². The van der Waals surface area contributed by atoms with Crippen molar-refractivity contribution in [2.45, 2.75) is 38.4 Å². The standard InChI is InChI=1S/C18H22BrNO3/c1-16(2)17(3)9-10-18(16,14(17)19)15(22)20-12-7-5-11(6-8-12)13(21)23-4/h5-8,14H,9-10H2,1-4H3,(H,20,22)/t14-,17+,18-/m1/s1. The third kappa shape index (κ3) is 1.89. The number of methoxy groups -OCH3 is 1. The fourth-order valence-corrected chi connectivity index (χ4v) is 6.32. The lowest BCUT2D eigenvalue weighted by molar-refractivity contribution is -0.155. The summed E-state index contributed by atoms with van der Waals surface area (Å²) in [7, 11) is 1.35. The number of hydrogen-bond donors (Lipinski definition) is 1. The van der Waals surface area contributed by atoms with Crippen LogP contribution in [0.5, 0.6) is 0 Å². The van der Waals surface area contributed by atoms with Crippen LogP contribution in [0.2, 0.25) is 0 Å². The van der Waals surface area contributed by atoms with Crippen LogP contribution in [0, 0.1) is 16.2 Å². The summed E-state index contributed by atoms with van der Waals surface area (Å²) in [5.41, 5.74) is 0.930. The molecule has 3 aliphatic carbocycles. The van der Waals surface area contributed by atoms with Gasteiger partial charge in [-0.2, -0.15) is 0 Å². The highest BCUT2D eigenvalue weighted by molar-refractivity contribution is 9.09. The zero-order valence-corrected chi connectivity index (χ0v) is 15.5. The smallest absolute Gasteiger partial charge is 0.337 e. The first-order valence-corrected chi connectivity index (χ1v) is 8.76. The van der Waals surface area contributed by atoms with Gasteiger partial charge in [0.1, 0.15) is 0 Å². The van der Waals surface area contributed by atoms with E-state index in [-0.39, 0.29) is 32.9 Å². The molecule has 0 spiro atoms. The first kappa shape index (κ1) is 16.5. The summed E-state index contributed by atoms with van der Waals surface area (Å²) in [6, 6.07) is 6.80. The molecule has 0 aromatic heterocycles. The Morgan fingerprint density at radius 2 is 1.78 bits per heavy atom. The average molecular weight is 380 g/mol. The lowest BCUT2D eigenvalue weighted by Gasteiger charge is -2.64. The molecule has 3 atom stereocenters. The van der Waals surface area contributed by atoms with Crippen molar-refractivity contribution in [3.63, 3.8) is 0 Å². The molecule has 124 valence electrons. The highest BCUT2D eigenvalue weighted by atomic mass is 79.9. The van der Waals surface area contributed by atoms with E-state index in [0.29, 0.717) is 11.3 Å². The summed E-state index contributed by atoms with van der Waals surface area (Å²) in [5, 5.41) is 3.03. The number of amides is 1. The third-order valence-electron chi connectivity index (χ3n) is 6.54. The summed E-state index contributed by atoms with van der Waals surface area (Å²) in [6.45, 7) is 6.64. The Labute approximate surface area is 145 Å². The minimum Gasteiger partial charge on any atom is -0.465 e. The van der Waals surface area contributed by atoms with Crippen molar-refractivity contribution in [2.24, 2.45) is 16.2 Å². The largest absolute Gasteiger partial charge is 0.465 e. The van der Waals surface area contributed by atoms with E-state index in [4.69, 9.17) is 0 Å². The zero-order valence-electron chi connectivity index (χ0n) is 13.9. The van der Waals surface area contributed by atoms with E-state index in [9.17, 15) is 9.59 Å². The van der Waals surface area contributed by atoms with Gasteiger partial charge < -0.3 is 10.1 Å². The summed E-state index contributed by atoms with van der Waals surface area (Å²) in [6.07, 6.45) is 1.96. The SMILES string of the molecule is COC(=O)c1ccc(NC(=O)[C@@]23CC[C@@](C)([C@H]2Br)C3(C)C)cc1. The van der Waals surface area contributed by atoms with E-state index >= 15 is 0 Å². The minimum absolute atomic E-state index is 0.0375. The van der Waals surface area contributed by atoms with E-state index in [1.54, 1.807) is 24.3 Å². The van der Waals surface area contributed by atoms with Gasteiger partial charge in [0.15, 0.2) is 0 Å². The number of fused-ring (bicyclic) bond motifs is 1. The minimum atomic E-state index is -0.381. The molecule has 0 saturated heterocycles. The van der Waals surface area contributed by atoms with Gasteiger partial charge in [-0.3, -0.25) is 4.79 Å². The van der Waals surface area contributed by atoms with Gasteiger partial charge in [-0.05, 0) is 47.9 Å². The maximum atomic E-state index is 13.0. The van der Waals surface area contributed by atoms with Crippen LogP contribution in [0.15, 0.2) is 24.3 Å². The number of nitrogens with one attached hydrogen (secondary N) is 1. The predicted octanol–water partition coefficient (Wildman–Crippen LogP) is 4.00. The topological polar surface area (TPSA) is 55.4 Å². The number of alkyl halides is 1. The number of benzene rings is 1. The molecule has 5 heteroatoms. The molecule has 1 aromatic rings. The van der Waals surface area contributed by atoms with Gasteiger partial charge in [-0.25, -0.2) is 4.79 Å². The monoisotopic (exact) mass is 379 g/mol. The van der Waals surface area contributed by atoms with E-state index in [1.807, 2.05) is 0 Å². The molecule has 4 rings (SSSR count). The second kappa shape index (κ2) is 5.07. The van der Waals surface area contributed by atoms with Crippen LogP contribution in [0.1, 0.15) is 44.0 Å². The Morgan fingerprint density at radius 3 is 2.22 bits per heavy atom. The molecule has 1 aromatic carbocycles. The number of rotatable bonds is 3. The number of ether oxygens (including phenoxy) is 1. The van der Waals surface area contributed by atoms with Crippen molar-refractivity contribution >= 4 is 33.5 Å². The van der Waals surface area contributed by atoms with Crippen molar-refractivity contribution in [3.05, 3.63) is 29.8 Å². The van der Waals surface area contributed by atoms with Gasteiger partial charge in [-0.1, -0.05) is 36.7 Å². The highest BCUT2D eigenvalue weighted by Crippen LogP contribution is 2.79. The second-order valence-corrected chi connectivity index (χ2v) is 8.32. The molecule has 1 amide bonds. The molecule has 3 fully saturated rings. The Balaban J connectivity index is 1.79. The number of anilines is 1. The molecule has 4 nitrogen and oxygen atoms in total. The normalized spacial score (nSPS) is 33.7. The van der Waals surface area contributed by atoms with Gasteiger partial charge in [0.2, 0.25) is 5.91 Å². The van der Waals surface area contributed by atoms with Crippen LogP contribution in [0.4, 0.5) is 5.69 Å². The molecule has 0 heterocycles. The van der Waals surface area contributed by atoms with Crippen LogP contribution in [-0.2, 0) is 9.53 Å². The van der Waals surface area contributed by atoms with Crippen molar-refractivity contribution in [1.82, 2.24) is 0 Å². The molecular weight excluding hydrogens is 358 g/mol. The van der Waals surface area contributed by atoms with E-state index in [1.165, 1.54) is 7.11 Å². The van der Waals surface area contributed by atoms with Crippen LogP contribution in [0.3, 0.4) is 0 Å². The van der Waals surface area contributed by atoms with Crippen LogP contribution in [-0.4, -0.2) is 23.8 Å². The highest BCUT2D eigenvalue weighted by Gasteiger charge is 2.80. The van der Waals surface area contributed by atoms with Crippen molar-refractivity contribution in [3.8, 4) is 0 Å². The van der Waals surface area contributed by atoms with Crippen LogP contribution >= 0.6 is 15.9 Å². The van der Waals surface area contributed by atoms with Gasteiger partial charge in [0.25, 0.3) is 0 Å². The first-order valence-electron chi connectivity index (χ1n) is 7.84. The maximum Gasteiger partial charge on any atom is 0.337 e. The number of hydrogen-bond acceptors (Lipinski definition) is 3. The van der Waals surface area contributed by atoms with E-state index in [0.717, 1.165) is 12.8 Å². The van der Waals surface area contributed by atoms with Crippen LogP contribution in [0.25, 0.3) is 0 Å². The summed E-state index contributed by atoms with van der Waals surface area (Å²) in [5.74, 6) is -0.321. The molecule has 0 radical (unpaired) electrons. The zero-order chi connectivity index (χ0) is 17.0. The molecular formula is C18H22BrNO3. The molecule has 3 saturated carbocycles. The molecule has 0 aliphatic heterocycles. The van der Waals surface area contributed by atoms with Gasteiger partial charge in [0, 0.05) is 10.5 Å². The molecule has 0 unspecified atom stereocenters. The van der Waals surface area contributed by atoms with Gasteiger partial charge in [0.05, 0.1) is 18.1 Å². The number of esters is 1. The Morgan fingerprint density at radius 1 is 1.17 bits per heavy atom. The number of carbonyl (C=O) groups excluding carboxylic acids is 2. The first-order chi connectivity index (χ1) is 10.7. The average Bonchev–Trinajstić information content (AvgIpc) is 2.94. The fraction of sp³-hybridized carbons (Fsp3) is 0.556. The number of carbonyl (C=O) groups is 2. The summed E-state index contributed by atoms with van der Waals surface area (Å²) >= 11 is 3.77. The van der Waals surface area contributed by atoms with Crippen molar-refractivity contribution < 1.29 is 14.3 Å². The molecule has 3 aliphatic rings. The lowest BCUT2D eigenvalue weighted by atomic mass is 9.43. The Kier molecular flexibility index (Phi) is 3.63. The maximum absolute atomic E-state index is 13.0. The fourth-order valence-electron chi connectivity index (χ4n) is 4.51. The Bertz CT molecular complexity index is 669.